The van der Waals surface area contributed by atoms with Gasteiger partial charge in [0.15, 0.2) is 0 Å². The molecule has 1 unspecified atom stereocenters. The van der Waals surface area contributed by atoms with Gasteiger partial charge in [-0.05, 0) is 36.8 Å². The standard InChI is InChI=1S/C13H16N4O/c1-2-8-7-15-6-5-10(8)12-16-13(18-17-12)11(14)9-3-4-9/h5-7,9,11H,2-4,14H2,1H3. The summed E-state index contributed by atoms with van der Waals surface area (Å²) in [7, 11) is 0. The lowest BCUT2D eigenvalue weighted by Crippen LogP contribution is -2.12. The van der Waals surface area contributed by atoms with Gasteiger partial charge in [-0.1, -0.05) is 12.1 Å². The number of pyridine rings is 1. The summed E-state index contributed by atoms with van der Waals surface area (Å²) < 4.78 is 5.28. The van der Waals surface area contributed by atoms with Crippen molar-refractivity contribution < 1.29 is 4.52 Å². The lowest BCUT2D eigenvalue weighted by atomic mass is 10.1. The maximum atomic E-state index is 6.05. The van der Waals surface area contributed by atoms with E-state index in [-0.39, 0.29) is 6.04 Å². The van der Waals surface area contributed by atoms with Crippen molar-refractivity contribution in [1.29, 1.82) is 0 Å². The summed E-state index contributed by atoms with van der Waals surface area (Å²) in [4.78, 5) is 8.53. The Bertz CT molecular complexity index is 547. The smallest absolute Gasteiger partial charge is 0.244 e. The van der Waals surface area contributed by atoms with Crippen molar-refractivity contribution in [3.05, 3.63) is 29.9 Å². The van der Waals surface area contributed by atoms with Gasteiger partial charge in [0.25, 0.3) is 0 Å². The van der Waals surface area contributed by atoms with Crippen LogP contribution < -0.4 is 5.73 Å². The first-order valence-electron chi connectivity index (χ1n) is 6.32. The highest BCUT2D eigenvalue weighted by atomic mass is 16.5. The minimum Gasteiger partial charge on any atom is -0.337 e. The summed E-state index contributed by atoms with van der Waals surface area (Å²) in [5, 5.41) is 4.03. The Labute approximate surface area is 105 Å². The third kappa shape index (κ3) is 2.01. The third-order valence-corrected chi connectivity index (χ3v) is 3.38. The second kappa shape index (κ2) is 4.49. The van der Waals surface area contributed by atoms with Crippen LogP contribution in [0.15, 0.2) is 23.0 Å². The van der Waals surface area contributed by atoms with Crippen LogP contribution in [0.1, 0.15) is 37.3 Å². The molecule has 0 bridgehead atoms. The zero-order valence-electron chi connectivity index (χ0n) is 10.3. The van der Waals surface area contributed by atoms with Gasteiger partial charge in [-0.3, -0.25) is 4.98 Å². The van der Waals surface area contributed by atoms with Gasteiger partial charge in [-0.2, -0.15) is 4.98 Å². The van der Waals surface area contributed by atoms with Gasteiger partial charge in [0.2, 0.25) is 11.7 Å². The zero-order valence-corrected chi connectivity index (χ0v) is 10.3. The average Bonchev–Trinajstić information content (AvgIpc) is 3.15. The van der Waals surface area contributed by atoms with E-state index < -0.39 is 0 Å². The van der Waals surface area contributed by atoms with Gasteiger partial charge >= 0.3 is 0 Å². The summed E-state index contributed by atoms with van der Waals surface area (Å²) in [6, 6.07) is 1.80. The summed E-state index contributed by atoms with van der Waals surface area (Å²) in [5.74, 6) is 1.67. The van der Waals surface area contributed by atoms with E-state index in [1.807, 2.05) is 12.3 Å². The second-order valence-corrected chi connectivity index (χ2v) is 4.71. The number of aryl methyl sites for hydroxylation is 1. The Hall–Kier alpha value is -1.75. The van der Waals surface area contributed by atoms with Gasteiger partial charge < -0.3 is 10.3 Å². The van der Waals surface area contributed by atoms with Crippen LogP contribution in [0, 0.1) is 5.92 Å². The SMILES string of the molecule is CCc1cnccc1-c1noc(C(N)C2CC2)n1. The van der Waals surface area contributed by atoms with Gasteiger partial charge in [0.1, 0.15) is 0 Å². The van der Waals surface area contributed by atoms with Crippen LogP contribution >= 0.6 is 0 Å². The Morgan fingerprint density at radius 1 is 1.50 bits per heavy atom. The summed E-state index contributed by atoms with van der Waals surface area (Å²) >= 11 is 0. The number of aromatic nitrogens is 3. The summed E-state index contributed by atoms with van der Waals surface area (Å²) in [5.41, 5.74) is 8.15. The Morgan fingerprint density at radius 2 is 2.33 bits per heavy atom. The van der Waals surface area contributed by atoms with Crippen LogP contribution in [0.5, 0.6) is 0 Å². The molecular weight excluding hydrogens is 228 g/mol. The molecule has 3 rings (SSSR count). The minimum absolute atomic E-state index is 0.113. The molecule has 94 valence electrons. The normalized spacial score (nSPS) is 16.8. The molecule has 2 aromatic rings. The van der Waals surface area contributed by atoms with Crippen LogP contribution in [-0.4, -0.2) is 15.1 Å². The molecule has 0 aliphatic heterocycles. The van der Waals surface area contributed by atoms with Crippen molar-refractivity contribution in [3.8, 4) is 11.4 Å². The van der Waals surface area contributed by atoms with E-state index in [2.05, 4.69) is 22.0 Å². The fourth-order valence-corrected chi connectivity index (χ4v) is 2.06. The van der Waals surface area contributed by atoms with Crippen molar-refractivity contribution in [1.82, 2.24) is 15.1 Å². The highest BCUT2D eigenvalue weighted by Crippen LogP contribution is 2.39. The fraction of sp³-hybridized carbons (Fsp3) is 0.462. The van der Waals surface area contributed by atoms with Crippen molar-refractivity contribution in [3.63, 3.8) is 0 Å². The third-order valence-electron chi connectivity index (χ3n) is 3.38. The van der Waals surface area contributed by atoms with Crippen LogP contribution in [-0.2, 0) is 6.42 Å². The molecule has 5 heteroatoms. The van der Waals surface area contributed by atoms with Crippen LogP contribution in [0.3, 0.4) is 0 Å². The second-order valence-electron chi connectivity index (χ2n) is 4.71. The van der Waals surface area contributed by atoms with E-state index in [0.717, 1.165) is 30.4 Å². The van der Waals surface area contributed by atoms with E-state index in [4.69, 9.17) is 10.3 Å². The van der Waals surface area contributed by atoms with Crippen molar-refractivity contribution in [2.75, 3.05) is 0 Å². The molecule has 0 saturated heterocycles. The highest BCUT2D eigenvalue weighted by Gasteiger charge is 2.33. The molecule has 2 N–H and O–H groups in total. The number of nitrogens with zero attached hydrogens (tertiary/aromatic N) is 3. The molecule has 1 aliphatic rings. The molecule has 2 heterocycles. The molecule has 1 fully saturated rings. The quantitative estimate of drug-likeness (QED) is 0.891. The lowest BCUT2D eigenvalue weighted by Gasteiger charge is -2.02. The first-order valence-corrected chi connectivity index (χ1v) is 6.32. The van der Waals surface area contributed by atoms with Crippen molar-refractivity contribution in [2.45, 2.75) is 32.2 Å². The Kier molecular flexibility index (Phi) is 2.83. The molecule has 18 heavy (non-hydrogen) atoms. The number of hydrogen-bond acceptors (Lipinski definition) is 5. The lowest BCUT2D eigenvalue weighted by molar-refractivity contribution is 0.343. The zero-order chi connectivity index (χ0) is 12.5. The maximum Gasteiger partial charge on any atom is 0.244 e. The molecular formula is C13H16N4O. The van der Waals surface area contributed by atoms with Crippen molar-refractivity contribution >= 4 is 0 Å². The van der Waals surface area contributed by atoms with Crippen LogP contribution in [0.25, 0.3) is 11.4 Å². The van der Waals surface area contributed by atoms with E-state index in [9.17, 15) is 0 Å². The van der Waals surface area contributed by atoms with Crippen molar-refractivity contribution in [2.24, 2.45) is 11.7 Å². The van der Waals surface area contributed by atoms with Crippen LogP contribution in [0.4, 0.5) is 0 Å². The molecule has 1 saturated carbocycles. The van der Waals surface area contributed by atoms with Gasteiger partial charge in [-0.25, -0.2) is 0 Å². The van der Waals surface area contributed by atoms with Gasteiger partial charge in [0, 0.05) is 18.0 Å². The topological polar surface area (TPSA) is 77.8 Å². The largest absolute Gasteiger partial charge is 0.337 e. The summed E-state index contributed by atoms with van der Waals surface area (Å²) in [6.07, 6.45) is 6.79. The van der Waals surface area contributed by atoms with Gasteiger partial charge in [-0.15, -0.1) is 0 Å². The van der Waals surface area contributed by atoms with Crippen LogP contribution in [0.2, 0.25) is 0 Å². The Balaban J connectivity index is 1.92. The predicted octanol–water partition coefficient (Wildman–Crippen LogP) is 2.10. The maximum absolute atomic E-state index is 6.05. The molecule has 0 amide bonds. The first kappa shape index (κ1) is 11.3. The van der Waals surface area contributed by atoms with E-state index in [1.165, 1.54) is 0 Å². The number of rotatable bonds is 4. The average molecular weight is 244 g/mol. The monoisotopic (exact) mass is 244 g/mol. The molecule has 2 aromatic heterocycles. The molecule has 0 spiro atoms. The molecule has 0 aromatic carbocycles. The molecule has 1 aliphatic carbocycles. The van der Waals surface area contributed by atoms with E-state index in [0.29, 0.717) is 17.6 Å². The van der Waals surface area contributed by atoms with Gasteiger partial charge in [0.05, 0.1) is 6.04 Å². The first-order chi connectivity index (χ1) is 8.79. The number of nitrogens with two attached hydrogens (primary N) is 1. The summed E-state index contributed by atoms with van der Waals surface area (Å²) in [6.45, 7) is 2.08. The van der Waals surface area contributed by atoms with E-state index in [1.54, 1.807) is 6.20 Å². The minimum atomic E-state index is -0.113. The Morgan fingerprint density at radius 3 is 3.06 bits per heavy atom. The fourth-order valence-electron chi connectivity index (χ4n) is 2.06. The highest BCUT2D eigenvalue weighted by molar-refractivity contribution is 5.58. The molecule has 0 radical (unpaired) electrons. The molecule has 1 atom stereocenters. The molecule has 5 nitrogen and oxygen atoms in total. The number of hydrogen-bond donors (Lipinski definition) is 1. The predicted molar refractivity (Wildman–Crippen MR) is 66.6 cm³/mol. The van der Waals surface area contributed by atoms with E-state index >= 15 is 0 Å².